The molecule has 1 N–H and O–H groups in total. The van der Waals surface area contributed by atoms with Gasteiger partial charge in [0.15, 0.2) is 0 Å². The summed E-state index contributed by atoms with van der Waals surface area (Å²) in [6.45, 7) is 5.57. The number of rotatable bonds is 8. The smallest absolute Gasteiger partial charge is 0.224 e. The van der Waals surface area contributed by atoms with Crippen LogP contribution in [0.25, 0.3) is 0 Å². The predicted octanol–water partition coefficient (Wildman–Crippen LogP) is 1.37. The first-order valence-electron chi connectivity index (χ1n) is 9.35. The standard InChI is InChI=1S/C20H26N4O4/c1-15-22-18(24-7-10-27-11-8-24)14-20(23-15)28-9-6-21-19(25)13-16-4-3-5-17(12-16)26-2/h3-5,12,14H,6-11,13H2,1-2H3,(H,21,25). The first kappa shape index (κ1) is 19.9. The summed E-state index contributed by atoms with van der Waals surface area (Å²) in [4.78, 5) is 23.0. The molecule has 0 aliphatic carbocycles. The number of amides is 1. The molecule has 1 aromatic heterocycles. The van der Waals surface area contributed by atoms with E-state index in [-0.39, 0.29) is 5.91 Å². The first-order chi connectivity index (χ1) is 13.6. The monoisotopic (exact) mass is 386 g/mol. The van der Waals surface area contributed by atoms with E-state index in [1.807, 2.05) is 37.3 Å². The van der Waals surface area contributed by atoms with Crippen LogP contribution in [0.3, 0.4) is 0 Å². The van der Waals surface area contributed by atoms with Gasteiger partial charge >= 0.3 is 0 Å². The van der Waals surface area contributed by atoms with Crippen molar-refractivity contribution in [3.63, 3.8) is 0 Å². The van der Waals surface area contributed by atoms with E-state index in [1.54, 1.807) is 7.11 Å². The fourth-order valence-corrected chi connectivity index (χ4v) is 2.93. The SMILES string of the molecule is COc1cccc(CC(=O)NCCOc2cc(N3CCOCC3)nc(C)n2)c1. The van der Waals surface area contributed by atoms with Crippen LogP contribution >= 0.6 is 0 Å². The van der Waals surface area contributed by atoms with E-state index in [4.69, 9.17) is 14.2 Å². The van der Waals surface area contributed by atoms with Crippen molar-refractivity contribution in [3.8, 4) is 11.6 Å². The Kier molecular flexibility index (Phi) is 7.02. The molecular weight excluding hydrogens is 360 g/mol. The van der Waals surface area contributed by atoms with Crippen LogP contribution in [-0.4, -0.2) is 62.4 Å². The van der Waals surface area contributed by atoms with Gasteiger partial charge in [-0.2, -0.15) is 4.98 Å². The van der Waals surface area contributed by atoms with Crippen molar-refractivity contribution < 1.29 is 19.0 Å². The predicted molar refractivity (Wildman–Crippen MR) is 105 cm³/mol. The zero-order valence-electron chi connectivity index (χ0n) is 16.3. The van der Waals surface area contributed by atoms with Gasteiger partial charge in [-0.15, -0.1) is 0 Å². The number of hydrogen-bond donors (Lipinski definition) is 1. The molecule has 1 fully saturated rings. The summed E-state index contributed by atoms with van der Waals surface area (Å²) >= 11 is 0. The lowest BCUT2D eigenvalue weighted by atomic mass is 10.1. The van der Waals surface area contributed by atoms with Gasteiger partial charge in [-0.25, -0.2) is 4.98 Å². The van der Waals surface area contributed by atoms with Gasteiger partial charge in [0.25, 0.3) is 0 Å². The molecule has 1 aliphatic heterocycles. The van der Waals surface area contributed by atoms with E-state index in [0.717, 1.165) is 30.2 Å². The number of aromatic nitrogens is 2. The van der Waals surface area contributed by atoms with Crippen molar-refractivity contribution in [2.45, 2.75) is 13.3 Å². The fraction of sp³-hybridized carbons (Fsp3) is 0.450. The maximum Gasteiger partial charge on any atom is 0.224 e. The maximum absolute atomic E-state index is 12.1. The number of nitrogens with one attached hydrogen (secondary N) is 1. The molecule has 2 aromatic rings. The van der Waals surface area contributed by atoms with E-state index < -0.39 is 0 Å². The number of ether oxygens (including phenoxy) is 3. The first-order valence-corrected chi connectivity index (χ1v) is 9.35. The molecule has 0 bridgehead atoms. The largest absolute Gasteiger partial charge is 0.497 e. The van der Waals surface area contributed by atoms with Crippen molar-refractivity contribution in [2.75, 3.05) is 51.5 Å². The topological polar surface area (TPSA) is 85.8 Å². The summed E-state index contributed by atoms with van der Waals surface area (Å²) in [5.41, 5.74) is 0.902. The van der Waals surface area contributed by atoms with Crippen molar-refractivity contribution in [2.24, 2.45) is 0 Å². The van der Waals surface area contributed by atoms with E-state index in [2.05, 4.69) is 20.2 Å². The van der Waals surface area contributed by atoms with Gasteiger partial charge in [0.1, 0.15) is 24.0 Å². The molecular formula is C20H26N4O4. The van der Waals surface area contributed by atoms with E-state index in [0.29, 0.717) is 44.5 Å². The lowest BCUT2D eigenvalue weighted by molar-refractivity contribution is -0.120. The van der Waals surface area contributed by atoms with Crippen LogP contribution in [0.15, 0.2) is 30.3 Å². The summed E-state index contributed by atoms with van der Waals surface area (Å²) in [5, 5.41) is 2.86. The highest BCUT2D eigenvalue weighted by Gasteiger charge is 2.14. The highest BCUT2D eigenvalue weighted by molar-refractivity contribution is 5.78. The maximum atomic E-state index is 12.1. The lowest BCUT2D eigenvalue weighted by Crippen LogP contribution is -2.37. The molecule has 2 heterocycles. The van der Waals surface area contributed by atoms with Crippen LogP contribution < -0.4 is 19.7 Å². The van der Waals surface area contributed by atoms with Crippen molar-refractivity contribution >= 4 is 11.7 Å². The van der Waals surface area contributed by atoms with Gasteiger partial charge in [-0.3, -0.25) is 4.79 Å². The summed E-state index contributed by atoms with van der Waals surface area (Å²) in [5.74, 6) is 2.68. The van der Waals surface area contributed by atoms with Crippen molar-refractivity contribution in [3.05, 3.63) is 41.7 Å². The third kappa shape index (κ3) is 5.82. The Labute approximate surface area is 164 Å². The average molecular weight is 386 g/mol. The second kappa shape index (κ2) is 9.89. The number of morpholine rings is 1. The second-order valence-corrected chi connectivity index (χ2v) is 6.44. The summed E-state index contributed by atoms with van der Waals surface area (Å²) in [7, 11) is 1.61. The molecule has 1 aliphatic rings. The molecule has 1 aromatic carbocycles. The zero-order chi connectivity index (χ0) is 19.8. The molecule has 8 nitrogen and oxygen atoms in total. The second-order valence-electron chi connectivity index (χ2n) is 6.44. The summed E-state index contributed by atoms with van der Waals surface area (Å²) in [6, 6.07) is 9.30. The third-order valence-electron chi connectivity index (χ3n) is 4.31. The average Bonchev–Trinajstić information content (AvgIpc) is 2.71. The zero-order valence-corrected chi connectivity index (χ0v) is 16.3. The number of carbonyl (C=O) groups excluding carboxylic acids is 1. The number of anilines is 1. The van der Waals surface area contributed by atoms with Crippen LogP contribution in [0.5, 0.6) is 11.6 Å². The van der Waals surface area contributed by atoms with Crippen molar-refractivity contribution in [1.82, 2.24) is 15.3 Å². The quantitative estimate of drug-likeness (QED) is 0.686. The third-order valence-corrected chi connectivity index (χ3v) is 4.31. The summed E-state index contributed by atoms with van der Waals surface area (Å²) < 4.78 is 16.3. The Morgan fingerprint density at radius 1 is 1.25 bits per heavy atom. The molecule has 1 saturated heterocycles. The number of benzene rings is 1. The van der Waals surface area contributed by atoms with E-state index in [1.165, 1.54) is 0 Å². The molecule has 0 spiro atoms. The van der Waals surface area contributed by atoms with Crippen LogP contribution in [0, 0.1) is 6.92 Å². The Morgan fingerprint density at radius 3 is 2.86 bits per heavy atom. The molecule has 150 valence electrons. The molecule has 0 atom stereocenters. The van der Waals surface area contributed by atoms with E-state index in [9.17, 15) is 4.79 Å². The van der Waals surface area contributed by atoms with Crippen LogP contribution in [-0.2, 0) is 16.0 Å². The van der Waals surface area contributed by atoms with E-state index >= 15 is 0 Å². The molecule has 28 heavy (non-hydrogen) atoms. The van der Waals surface area contributed by atoms with Gasteiger partial charge in [0.05, 0.1) is 33.3 Å². The minimum atomic E-state index is -0.0651. The van der Waals surface area contributed by atoms with Crippen LogP contribution in [0.2, 0.25) is 0 Å². The molecule has 8 heteroatoms. The van der Waals surface area contributed by atoms with Crippen LogP contribution in [0.1, 0.15) is 11.4 Å². The Bertz CT molecular complexity index is 794. The highest BCUT2D eigenvalue weighted by atomic mass is 16.5. The van der Waals surface area contributed by atoms with Gasteiger partial charge in [0.2, 0.25) is 11.8 Å². The Balaban J connectivity index is 1.45. The van der Waals surface area contributed by atoms with Gasteiger partial charge in [-0.1, -0.05) is 12.1 Å². The van der Waals surface area contributed by atoms with Gasteiger partial charge in [0, 0.05) is 19.2 Å². The molecule has 3 rings (SSSR count). The summed E-state index contributed by atoms with van der Waals surface area (Å²) in [6.07, 6.45) is 0.297. The minimum Gasteiger partial charge on any atom is -0.497 e. The van der Waals surface area contributed by atoms with Gasteiger partial charge in [-0.05, 0) is 24.6 Å². The number of carbonyl (C=O) groups is 1. The van der Waals surface area contributed by atoms with Crippen LogP contribution in [0.4, 0.5) is 5.82 Å². The highest BCUT2D eigenvalue weighted by Crippen LogP contribution is 2.18. The Hall–Kier alpha value is -2.87. The molecule has 1 amide bonds. The fourth-order valence-electron chi connectivity index (χ4n) is 2.93. The molecule has 0 saturated carbocycles. The van der Waals surface area contributed by atoms with Gasteiger partial charge < -0.3 is 24.4 Å². The molecule has 0 radical (unpaired) electrons. The minimum absolute atomic E-state index is 0.0651. The number of nitrogens with zero attached hydrogens (tertiary/aromatic N) is 3. The number of methoxy groups -OCH3 is 1. The number of aryl methyl sites for hydroxylation is 1. The van der Waals surface area contributed by atoms with Crippen molar-refractivity contribution in [1.29, 1.82) is 0 Å². The number of hydrogen-bond acceptors (Lipinski definition) is 7. The molecule has 0 unspecified atom stereocenters. The lowest BCUT2D eigenvalue weighted by Gasteiger charge is -2.28. The normalized spacial score (nSPS) is 13.9. The Morgan fingerprint density at radius 2 is 2.07 bits per heavy atom.